The normalized spacial score (nSPS) is 12.5. The third-order valence-corrected chi connectivity index (χ3v) is 2.14. The van der Waals surface area contributed by atoms with Gasteiger partial charge in [0.15, 0.2) is 0 Å². The monoisotopic (exact) mass is 181 g/mol. The zero-order chi connectivity index (χ0) is 8.69. The van der Waals surface area contributed by atoms with Crippen LogP contribution in [0.15, 0.2) is 0 Å². The molecular weight excluding hydrogens is 169 g/mol. The van der Waals surface area contributed by atoms with Crippen molar-refractivity contribution in [3.63, 3.8) is 0 Å². The summed E-state index contributed by atoms with van der Waals surface area (Å²) in [5.41, 5.74) is 0. The Bertz CT molecular complexity index is 123. The van der Waals surface area contributed by atoms with Gasteiger partial charge in [0.25, 0.3) is 0 Å². The summed E-state index contributed by atoms with van der Waals surface area (Å²) in [6, 6.07) is -0.107. The first kappa shape index (κ1) is 10.6. The summed E-state index contributed by atoms with van der Waals surface area (Å²) >= 11 is 1.40. The standard InChI is InChI=1S/C6H12FNO2S/c1-5(8-6(9)10)4-11-3-2-7/h5,8H,2-4H2,1H3,(H,9,10)/t5-/m1/s1. The lowest BCUT2D eigenvalue weighted by Gasteiger charge is -2.09. The number of rotatable bonds is 5. The first-order valence-corrected chi connectivity index (χ1v) is 4.45. The molecule has 66 valence electrons. The van der Waals surface area contributed by atoms with E-state index in [1.807, 2.05) is 0 Å². The molecule has 0 saturated heterocycles. The van der Waals surface area contributed by atoms with Crippen molar-refractivity contribution in [3.05, 3.63) is 0 Å². The van der Waals surface area contributed by atoms with E-state index in [4.69, 9.17) is 5.11 Å². The van der Waals surface area contributed by atoms with Gasteiger partial charge in [-0.3, -0.25) is 4.39 Å². The molecule has 0 aliphatic heterocycles. The summed E-state index contributed by atoms with van der Waals surface area (Å²) < 4.78 is 11.5. The van der Waals surface area contributed by atoms with Crippen LogP contribution in [0.1, 0.15) is 6.92 Å². The van der Waals surface area contributed by atoms with Crippen molar-refractivity contribution in [2.75, 3.05) is 18.2 Å². The average molecular weight is 181 g/mol. The number of carbonyl (C=O) groups is 1. The maximum absolute atomic E-state index is 11.5. The molecule has 0 rings (SSSR count). The van der Waals surface area contributed by atoms with Gasteiger partial charge in [0.05, 0.1) is 6.67 Å². The van der Waals surface area contributed by atoms with Crippen molar-refractivity contribution in [1.82, 2.24) is 5.32 Å². The van der Waals surface area contributed by atoms with Crippen molar-refractivity contribution in [3.8, 4) is 0 Å². The van der Waals surface area contributed by atoms with Crippen LogP contribution in [0.3, 0.4) is 0 Å². The molecule has 0 saturated carbocycles. The molecule has 0 aliphatic rings. The topological polar surface area (TPSA) is 49.3 Å². The molecular formula is C6H12FNO2S. The Morgan fingerprint density at radius 2 is 2.45 bits per heavy atom. The average Bonchev–Trinajstić information content (AvgIpc) is 1.86. The van der Waals surface area contributed by atoms with E-state index in [2.05, 4.69) is 5.32 Å². The second kappa shape index (κ2) is 6.27. The van der Waals surface area contributed by atoms with Gasteiger partial charge in [-0.2, -0.15) is 11.8 Å². The highest BCUT2D eigenvalue weighted by atomic mass is 32.2. The van der Waals surface area contributed by atoms with Crippen molar-refractivity contribution in [2.24, 2.45) is 0 Å². The highest BCUT2D eigenvalue weighted by Gasteiger charge is 2.03. The fourth-order valence-electron chi connectivity index (χ4n) is 0.567. The molecule has 2 N–H and O–H groups in total. The van der Waals surface area contributed by atoms with Gasteiger partial charge in [0.2, 0.25) is 0 Å². The van der Waals surface area contributed by atoms with Crippen LogP contribution in [0.25, 0.3) is 0 Å². The van der Waals surface area contributed by atoms with Gasteiger partial charge in [-0.25, -0.2) is 4.79 Å². The number of amides is 1. The first-order chi connectivity index (χ1) is 5.16. The van der Waals surface area contributed by atoms with Crippen molar-refractivity contribution in [2.45, 2.75) is 13.0 Å². The maximum Gasteiger partial charge on any atom is 0.404 e. The summed E-state index contributed by atoms with van der Waals surface area (Å²) in [5, 5.41) is 10.5. The van der Waals surface area contributed by atoms with Crippen LogP contribution in [0.5, 0.6) is 0 Å². The van der Waals surface area contributed by atoms with E-state index in [0.717, 1.165) is 0 Å². The van der Waals surface area contributed by atoms with Crippen LogP contribution in [-0.2, 0) is 0 Å². The predicted molar refractivity (Wildman–Crippen MR) is 43.9 cm³/mol. The molecule has 0 aliphatic carbocycles. The lowest BCUT2D eigenvalue weighted by Crippen LogP contribution is -2.32. The molecule has 0 heterocycles. The quantitative estimate of drug-likeness (QED) is 0.629. The van der Waals surface area contributed by atoms with Crippen LogP contribution in [0, 0.1) is 0 Å². The predicted octanol–water partition coefficient (Wildman–Crippen LogP) is 1.35. The van der Waals surface area contributed by atoms with Gasteiger partial charge >= 0.3 is 6.09 Å². The Morgan fingerprint density at radius 1 is 1.82 bits per heavy atom. The third kappa shape index (κ3) is 7.45. The number of thioether (sulfide) groups is 1. The lowest BCUT2D eigenvalue weighted by molar-refractivity contribution is 0.192. The summed E-state index contributed by atoms with van der Waals surface area (Å²) in [5.74, 6) is 1.06. The summed E-state index contributed by atoms with van der Waals surface area (Å²) in [4.78, 5) is 10.0. The van der Waals surface area contributed by atoms with Gasteiger partial charge in [0.1, 0.15) is 0 Å². The minimum absolute atomic E-state index is 0.107. The number of alkyl halides is 1. The SMILES string of the molecule is C[C@H](CSCCF)NC(=O)O. The molecule has 0 aromatic heterocycles. The fourth-order valence-corrected chi connectivity index (χ4v) is 1.28. The minimum Gasteiger partial charge on any atom is -0.465 e. The molecule has 0 spiro atoms. The van der Waals surface area contributed by atoms with Crippen LogP contribution in [0.2, 0.25) is 0 Å². The molecule has 0 fully saturated rings. The molecule has 0 bridgehead atoms. The third-order valence-electron chi connectivity index (χ3n) is 0.959. The lowest BCUT2D eigenvalue weighted by atomic mass is 10.4. The van der Waals surface area contributed by atoms with Gasteiger partial charge in [-0.15, -0.1) is 0 Å². The van der Waals surface area contributed by atoms with E-state index in [9.17, 15) is 9.18 Å². The number of halogens is 1. The van der Waals surface area contributed by atoms with E-state index < -0.39 is 6.09 Å². The molecule has 5 heteroatoms. The van der Waals surface area contributed by atoms with Crippen LogP contribution < -0.4 is 5.32 Å². The summed E-state index contributed by atoms with van der Waals surface area (Å²) in [6.07, 6.45) is -1.03. The highest BCUT2D eigenvalue weighted by molar-refractivity contribution is 7.99. The molecule has 1 atom stereocenters. The number of hydrogen-bond donors (Lipinski definition) is 2. The zero-order valence-corrected chi connectivity index (χ0v) is 7.16. The first-order valence-electron chi connectivity index (χ1n) is 3.30. The molecule has 0 aromatic carbocycles. The van der Waals surface area contributed by atoms with Gasteiger partial charge in [-0.1, -0.05) is 0 Å². The second-order valence-corrected chi connectivity index (χ2v) is 3.26. The van der Waals surface area contributed by atoms with Crippen molar-refractivity contribution >= 4 is 17.9 Å². The Labute approximate surface area is 69.4 Å². The summed E-state index contributed by atoms with van der Waals surface area (Å²) in [7, 11) is 0. The Morgan fingerprint density at radius 3 is 2.91 bits per heavy atom. The molecule has 0 radical (unpaired) electrons. The van der Waals surface area contributed by atoms with Crippen LogP contribution in [-0.4, -0.2) is 35.4 Å². The fraction of sp³-hybridized carbons (Fsp3) is 0.833. The van der Waals surface area contributed by atoms with Gasteiger partial charge in [-0.05, 0) is 6.92 Å². The molecule has 3 nitrogen and oxygen atoms in total. The summed E-state index contributed by atoms with van der Waals surface area (Å²) in [6.45, 7) is 1.39. The Kier molecular flexibility index (Phi) is 6.02. The highest BCUT2D eigenvalue weighted by Crippen LogP contribution is 2.01. The Hall–Kier alpha value is -0.450. The number of carboxylic acid groups (broad SMARTS) is 1. The van der Waals surface area contributed by atoms with E-state index in [0.29, 0.717) is 11.5 Å². The smallest absolute Gasteiger partial charge is 0.404 e. The molecule has 0 aromatic rings. The van der Waals surface area contributed by atoms with Crippen LogP contribution in [0.4, 0.5) is 9.18 Å². The van der Waals surface area contributed by atoms with Crippen molar-refractivity contribution < 1.29 is 14.3 Å². The molecule has 1 amide bonds. The Balaban J connectivity index is 3.22. The molecule has 11 heavy (non-hydrogen) atoms. The van der Waals surface area contributed by atoms with E-state index >= 15 is 0 Å². The second-order valence-electron chi connectivity index (χ2n) is 2.11. The van der Waals surface area contributed by atoms with E-state index in [-0.39, 0.29) is 12.7 Å². The van der Waals surface area contributed by atoms with Gasteiger partial charge < -0.3 is 10.4 Å². The van der Waals surface area contributed by atoms with Crippen LogP contribution >= 0.6 is 11.8 Å². The largest absolute Gasteiger partial charge is 0.465 e. The van der Waals surface area contributed by atoms with E-state index in [1.54, 1.807) is 6.92 Å². The number of nitrogens with one attached hydrogen (secondary N) is 1. The minimum atomic E-state index is -1.03. The van der Waals surface area contributed by atoms with Gasteiger partial charge in [0, 0.05) is 17.5 Å². The number of hydrogen-bond acceptors (Lipinski definition) is 2. The van der Waals surface area contributed by atoms with E-state index in [1.165, 1.54) is 11.8 Å². The molecule has 0 unspecified atom stereocenters. The van der Waals surface area contributed by atoms with Crippen molar-refractivity contribution in [1.29, 1.82) is 0 Å². The zero-order valence-electron chi connectivity index (χ0n) is 6.34. The maximum atomic E-state index is 11.5.